The van der Waals surface area contributed by atoms with Gasteiger partial charge < -0.3 is 24.4 Å². The summed E-state index contributed by atoms with van der Waals surface area (Å²) in [6, 6.07) is 0. The minimum atomic E-state index is -0.695. The molecule has 0 aliphatic carbocycles. The fraction of sp³-hybridized carbons (Fsp3) is 0.545. The van der Waals surface area contributed by atoms with Crippen LogP contribution in [0, 0.1) is 0 Å². The Balaban J connectivity index is 0. The predicted octanol–water partition coefficient (Wildman–Crippen LogP) is 0.499. The molecule has 0 aliphatic heterocycles. The third kappa shape index (κ3) is 20.7. The lowest BCUT2D eigenvalue weighted by Gasteiger charge is -1.99. The van der Waals surface area contributed by atoms with E-state index in [9.17, 15) is 4.79 Å². The first kappa shape index (κ1) is 18.0. The van der Waals surface area contributed by atoms with E-state index in [-0.39, 0.29) is 26.4 Å². The lowest BCUT2D eigenvalue weighted by molar-refractivity contribution is 0.0650. The first-order valence-corrected chi connectivity index (χ1v) is 5.03. The SMILES string of the molecule is C=CCOC(=O)OCC=C.OCCOCCO. The van der Waals surface area contributed by atoms with Crippen LogP contribution in [0.1, 0.15) is 0 Å². The Morgan fingerprint density at radius 3 is 1.71 bits per heavy atom. The lowest BCUT2D eigenvalue weighted by atomic mass is 10.7. The van der Waals surface area contributed by atoms with Crippen molar-refractivity contribution < 1.29 is 29.2 Å². The fourth-order valence-electron chi connectivity index (χ4n) is 0.527. The number of ether oxygens (including phenoxy) is 3. The summed E-state index contributed by atoms with van der Waals surface area (Å²) in [7, 11) is 0. The van der Waals surface area contributed by atoms with Gasteiger partial charge in [0.2, 0.25) is 0 Å². The Hall–Kier alpha value is -1.37. The van der Waals surface area contributed by atoms with Gasteiger partial charge in [-0.15, -0.1) is 0 Å². The predicted molar refractivity (Wildman–Crippen MR) is 62.7 cm³/mol. The summed E-state index contributed by atoms with van der Waals surface area (Å²) in [6.45, 7) is 7.77. The van der Waals surface area contributed by atoms with Gasteiger partial charge >= 0.3 is 6.16 Å². The van der Waals surface area contributed by atoms with Crippen LogP contribution >= 0.6 is 0 Å². The highest BCUT2D eigenvalue weighted by Gasteiger charge is 1.97. The van der Waals surface area contributed by atoms with Crippen molar-refractivity contribution in [3.05, 3.63) is 25.3 Å². The summed E-state index contributed by atoms with van der Waals surface area (Å²) in [5, 5.41) is 16.2. The molecule has 100 valence electrons. The van der Waals surface area contributed by atoms with Crippen molar-refractivity contribution in [2.45, 2.75) is 0 Å². The number of hydrogen-bond acceptors (Lipinski definition) is 6. The Bertz CT molecular complexity index is 174. The molecule has 0 atom stereocenters. The summed E-state index contributed by atoms with van der Waals surface area (Å²) in [4.78, 5) is 10.4. The molecule has 6 nitrogen and oxygen atoms in total. The van der Waals surface area contributed by atoms with Gasteiger partial charge in [-0.2, -0.15) is 0 Å². The Kier molecular flexibility index (Phi) is 18.0. The van der Waals surface area contributed by atoms with Gasteiger partial charge in [-0.3, -0.25) is 0 Å². The van der Waals surface area contributed by atoms with Crippen LogP contribution in [0.2, 0.25) is 0 Å². The number of rotatable bonds is 8. The van der Waals surface area contributed by atoms with Gasteiger partial charge in [0, 0.05) is 0 Å². The van der Waals surface area contributed by atoms with Crippen LogP contribution in [0.5, 0.6) is 0 Å². The summed E-state index contributed by atoms with van der Waals surface area (Å²) in [6.07, 6.45) is 2.24. The summed E-state index contributed by atoms with van der Waals surface area (Å²) in [5.41, 5.74) is 0. The Labute approximate surface area is 101 Å². The molecular formula is C11H20O6. The van der Waals surface area contributed by atoms with Crippen molar-refractivity contribution >= 4 is 6.16 Å². The van der Waals surface area contributed by atoms with Crippen LogP contribution in [0.25, 0.3) is 0 Å². The smallest absolute Gasteiger partial charge is 0.430 e. The minimum Gasteiger partial charge on any atom is -0.430 e. The highest BCUT2D eigenvalue weighted by Crippen LogP contribution is 1.84. The van der Waals surface area contributed by atoms with Crippen molar-refractivity contribution in [2.24, 2.45) is 0 Å². The molecule has 0 aromatic rings. The zero-order valence-electron chi connectivity index (χ0n) is 9.84. The van der Waals surface area contributed by atoms with Crippen LogP contribution in [-0.2, 0) is 14.2 Å². The topological polar surface area (TPSA) is 85.2 Å². The summed E-state index contributed by atoms with van der Waals surface area (Å²) in [5.74, 6) is 0. The first-order valence-electron chi connectivity index (χ1n) is 5.03. The molecule has 0 rings (SSSR count). The zero-order chi connectivity index (χ0) is 13.4. The number of hydrogen-bond donors (Lipinski definition) is 2. The molecule has 0 aromatic heterocycles. The second kappa shape index (κ2) is 17.0. The molecule has 0 saturated heterocycles. The van der Waals surface area contributed by atoms with E-state index in [0.717, 1.165) is 0 Å². The highest BCUT2D eigenvalue weighted by atomic mass is 16.7. The molecule has 0 heterocycles. The number of carbonyl (C=O) groups is 1. The molecule has 0 aliphatic rings. The molecule has 0 fully saturated rings. The van der Waals surface area contributed by atoms with Gasteiger partial charge in [-0.05, 0) is 0 Å². The maximum Gasteiger partial charge on any atom is 0.508 e. The third-order valence-corrected chi connectivity index (χ3v) is 1.11. The molecule has 0 aromatic carbocycles. The van der Waals surface area contributed by atoms with Gasteiger partial charge in [0.15, 0.2) is 0 Å². The van der Waals surface area contributed by atoms with Gasteiger partial charge in [0.1, 0.15) is 13.2 Å². The molecule has 0 radical (unpaired) electrons. The van der Waals surface area contributed by atoms with Gasteiger partial charge in [-0.25, -0.2) is 4.79 Å². The number of carbonyl (C=O) groups excluding carboxylic acids is 1. The number of aliphatic hydroxyl groups excluding tert-OH is 2. The molecule has 0 unspecified atom stereocenters. The van der Waals surface area contributed by atoms with Crippen LogP contribution in [-0.4, -0.2) is 56.0 Å². The van der Waals surface area contributed by atoms with E-state index in [1.54, 1.807) is 0 Å². The highest BCUT2D eigenvalue weighted by molar-refractivity contribution is 5.60. The van der Waals surface area contributed by atoms with Crippen molar-refractivity contribution in [1.82, 2.24) is 0 Å². The van der Waals surface area contributed by atoms with Gasteiger partial charge in [0.05, 0.1) is 26.4 Å². The van der Waals surface area contributed by atoms with Crippen LogP contribution in [0.3, 0.4) is 0 Å². The maximum absolute atomic E-state index is 10.4. The Morgan fingerprint density at radius 2 is 1.41 bits per heavy atom. The van der Waals surface area contributed by atoms with E-state index >= 15 is 0 Å². The van der Waals surface area contributed by atoms with Crippen molar-refractivity contribution in [1.29, 1.82) is 0 Å². The third-order valence-electron chi connectivity index (χ3n) is 1.11. The van der Waals surface area contributed by atoms with Crippen molar-refractivity contribution in [3.8, 4) is 0 Å². The van der Waals surface area contributed by atoms with E-state index in [2.05, 4.69) is 27.4 Å². The van der Waals surface area contributed by atoms with Crippen LogP contribution in [0.15, 0.2) is 25.3 Å². The second-order valence-electron chi connectivity index (χ2n) is 2.51. The first-order chi connectivity index (χ1) is 8.22. The summed E-state index contributed by atoms with van der Waals surface area (Å²) >= 11 is 0. The van der Waals surface area contributed by atoms with Gasteiger partial charge in [0.25, 0.3) is 0 Å². The molecule has 0 amide bonds. The average Bonchev–Trinajstić information content (AvgIpc) is 2.35. The maximum atomic E-state index is 10.4. The molecule has 0 bridgehead atoms. The van der Waals surface area contributed by atoms with Crippen LogP contribution < -0.4 is 0 Å². The molecule has 2 N–H and O–H groups in total. The minimum absolute atomic E-state index is 0.0278. The number of aliphatic hydroxyl groups is 2. The Morgan fingerprint density at radius 1 is 1.00 bits per heavy atom. The largest absolute Gasteiger partial charge is 0.508 e. The molecule has 17 heavy (non-hydrogen) atoms. The standard InChI is InChI=1S/C7H10O3.C4H10O3/c1-3-5-9-7(8)10-6-4-2;5-1-3-7-4-2-6/h3-4H,1-2,5-6H2;5-6H,1-4H2. The van der Waals surface area contributed by atoms with E-state index in [1.165, 1.54) is 12.2 Å². The summed E-state index contributed by atoms with van der Waals surface area (Å²) < 4.78 is 13.6. The van der Waals surface area contributed by atoms with E-state index < -0.39 is 6.16 Å². The average molecular weight is 248 g/mol. The lowest BCUT2D eigenvalue weighted by Crippen LogP contribution is -2.06. The molecule has 0 saturated carbocycles. The van der Waals surface area contributed by atoms with E-state index in [0.29, 0.717) is 13.2 Å². The van der Waals surface area contributed by atoms with E-state index in [1.807, 2.05) is 0 Å². The van der Waals surface area contributed by atoms with Crippen molar-refractivity contribution in [3.63, 3.8) is 0 Å². The normalized spacial score (nSPS) is 8.59. The fourth-order valence-corrected chi connectivity index (χ4v) is 0.527. The quantitative estimate of drug-likeness (QED) is 0.369. The van der Waals surface area contributed by atoms with Crippen LogP contribution in [0.4, 0.5) is 4.79 Å². The second-order valence-corrected chi connectivity index (χ2v) is 2.51. The monoisotopic (exact) mass is 248 g/mol. The van der Waals surface area contributed by atoms with E-state index in [4.69, 9.17) is 10.2 Å². The zero-order valence-corrected chi connectivity index (χ0v) is 9.84. The van der Waals surface area contributed by atoms with Gasteiger partial charge in [-0.1, -0.05) is 25.3 Å². The molecular weight excluding hydrogens is 228 g/mol. The van der Waals surface area contributed by atoms with Crippen molar-refractivity contribution in [2.75, 3.05) is 39.6 Å². The molecule has 6 heteroatoms. The molecule has 0 spiro atoms.